The molecule has 0 radical (unpaired) electrons. The smallest absolute Gasteiger partial charge is 0.326 e. The third kappa shape index (κ3) is 3.37. The van der Waals surface area contributed by atoms with Crippen molar-refractivity contribution in [2.75, 3.05) is 17.2 Å². The van der Waals surface area contributed by atoms with Gasteiger partial charge in [0.15, 0.2) is 9.84 Å². The standard InChI is InChI=1S/C15H21NO4S/c1-2-11-21(19,20)14-9-4-3-7-12(14)16-10-6-5-8-13(16)15(17)18/h3-4,7,9,13H,2,5-6,8,10-11H2,1H3,(H,17,18). The van der Waals surface area contributed by atoms with Crippen LogP contribution >= 0.6 is 0 Å². The van der Waals surface area contributed by atoms with Crippen LogP contribution in [0.15, 0.2) is 29.2 Å². The largest absolute Gasteiger partial charge is 0.480 e. The Labute approximate surface area is 125 Å². The van der Waals surface area contributed by atoms with E-state index in [1.54, 1.807) is 29.2 Å². The highest BCUT2D eigenvalue weighted by molar-refractivity contribution is 7.91. The van der Waals surface area contributed by atoms with Crippen LogP contribution in [-0.4, -0.2) is 37.8 Å². The first-order valence-electron chi connectivity index (χ1n) is 7.28. The Kier molecular flexibility index (Phi) is 4.88. The number of anilines is 1. The molecule has 1 aromatic carbocycles. The summed E-state index contributed by atoms with van der Waals surface area (Å²) in [6, 6.07) is 6.09. The van der Waals surface area contributed by atoms with E-state index >= 15 is 0 Å². The van der Waals surface area contributed by atoms with Gasteiger partial charge in [0.1, 0.15) is 6.04 Å². The zero-order valence-electron chi connectivity index (χ0n) is 12.2. The lowest BCUT2D eigenvalue weighted by Gasteiger charge is -2.35. The molecule has 0 aromatic heterocycles. The first kappa shape index (κ1) is 15.8. The molecule has 1 aliphatic heterocycles. The monoisotopic (exact) mass is 311 g/mol. The van der Waals surface area contributed by atoms with Gasteiger partial charge in [-0.3, -0.25) is 0 Å². The average Bonchev–Trinajstić information content (AvgIpc) is 2.47. The second-order valence-electron chi connectivity index (χ2n) is 5.33. The first-order valence-corrected chi connectivity index (χ1v) is 8.94. The highest BCUT2D eigenvalue weighted by Crippen LogP contribution is 2.31. The van der Waals surface area contributed by atoms with Crippen LogP contribution in [0.3, 0.4) is 0 Å². The average molecular weight is 311 g/mol. The summed E-state index contributed by atoms with van der Waals surface area (Å²) in [4.78, 5) is 13.4. The molecule has 1 aliphatic rings. The molecule has 0 amide bonds. The molecule has 1 atom stereocenters. The Morgan fingerprint density at radius 2 is 2.05 bits per heavy atom. The van der Waals surface area contributed by atoms with E-state index in [1.165, 1.54) is 0 Å². The van der Waals surface area contributed by atoms with Crippen LogP contribution in [0.25, 0.3) is 0 Å². The molecule has 21 heavy (non-hydrogen) atoms. The summed E-state index contributed by atoms with van der Waals surface area (Å²) >= 11 is 0. The summed E-state index contributed by atoms with van der Waals surface area (Å²) in [6.45, 7) is 2.40. The lowest BCUT2D eigenvalue weighted by atomic mass is 10.0. The van der Waals surface area contributed by atoms with E-state index in [0.29, 0.717) is 25.1 Å². The third-order valence-electron chi connectivity index (χ3n) is 3.77. The second-order valence-corrected chi connectivity index (χ2v) is 7.41. The highest BCUT2D eigenvalue weighted by Gasteiger charge is 2.31. The van der Waals surface area contributed by atoms with Crippen LogP contribution in [0.2, 0.25) is 0 Å². The van der Waals surface area contributed by atoms with Crippen molar-refractivity contribution in [2.24, 2.45) is 0 Å². The van der Waals surface area contributed by atoms with Gasteiger partial charge in [0.2, 0.25) is 0 Å². The Hall–Kier alpha value is -1.56. The van der Waals surface area contributed by atoms with Gasteiger partial charge >= 0.3 is 5.97 Å². The summed E-state index contributed by atoms with van der Waals surface area (Å²) in [6.07, 6.45) is 2.83. The van der Waals surface area contributed by atoms with Gasteiger partial charge in [-0.25, -0.2) is 13.2 Å². The van der Waals surface area contributed by atoms with E-state index in [0.717, 1.165) is 12.8 Å². The van der Waals surface area contributed by atoms with Gasteiger partial charge in [0.25, 0.3) is 0 Å². The van der Waals surface area contributed by atoms with Gasteiger partial charge in [0, 0.05) is 6.54 Å². The summed E-state index contributed by atoms with van der Waals surface area (Å²) in [5, 5.41) is 9.38. The molecule has 0 saturated carbocycles. The maximum atomic E-state index is 12.4. The Morgan fingerprint density at radius 3 is 2.71 bits per heavy atom. The minimum Gasteiger partial charge on any atom is -0.480 e. The van der Waals surface area contributed by atoms with Gasteiger partial charge in [-0.1, -0.05) is 19.1 Å². The minimum atomic E-state index is -3.37. The molecule has 5 nitrogen and oxygen atoms in total. The van der Waals surface area contributed by atoms with Crippen LogP contribution < -0.4 is 4.90 Å². The SMILES string of the molecule is CCCS(=O)(=O)c1ccccc1N1CCCCC1C(=O)O. The molecule has 1 aromatic rings. The summed E-state index contributed by atoms with van der Waals surface area (Å²) < 4.78 is 24.8. The summed E-state index contributed by atoms with van der Waals surface area (Å²) in [5.74, 6) is -0.812. The third-order valence-corrected chi connectivity index (χ3v) is 5.73. The first-order chi connectivity index (χ1) is 9.97. The van der Waals surface area contributed by atoms with Gasteiger partial charge in [-0.2, -0.15) is 0 Å². The highest BCUT2D eigenvalue weighted by atomic mass is 32.2. The Bertz CT molecular complexity index is 612. The number of rotatable bonds is 5. The quantitative estimate of drug-likeness (QED) is 0.903. The number of hydrogen-bond acceptors (Lipinski definition) is 4. The number of aliphatic carboxylic acids is 1. The number of sulfone groups is 1. The van der Waals surface area contributed by atoms with Crippen molar-refractivity contribution in [1.29, 1.82) is 0 Å². The fourth-order valence-corrected chi connectivity index (χ4v) is 4.36. The van der Waals surface area contributed by atoms with Crippen molar-refractivity contribution >= 4 is 21.5 Å². The Morgan fingerprint density at radius 1 is 1.33 bits per heavy atom. The van der Waals surface area contributed by atoms with E-state index in [4.69, 9.17) is 0 Å². The van der Waals surface area contributed by atoms with E-state index in [1.807, 2.05) is 6.92 Å². The van der Waals surface area contributed by atoms with E-state index in [2.05, 4.69) is 0 Å². The van der Waals surface area contributed by atoms with Crippen molar-refractivity contribution in [3.63, 3.8) is 0 Å². The summed E-state index contributed by atoms with van der Waals surface area (Å²) in [5.41, 5.74) is 0.526. The lowest BCUT2D eigenvalue weighted by Crippen LogP contribution is -2.45. The van der Waals surface area contributed by atoms with Gasteiger partial charge < -0.3 is 10.0 Å². The van der Waals surface area contributed by atoms with Crippen molar-refractivity contribution in [3.8, 4) is 0 Å². The number of carboxylic acids is 1. The normalized spacial score (nSPS) is 19.5. The molecule has 6 heteroatoms. The number of carbonyl (C=O) groups is 1. The molecule has 1 unspecified atom stereocenters. The maximum absolute atomic E-state index is 12.4. The van der Waals surface area contributed by atoms with Gasteiger partial charge in [-0.15, -0.1) is 0 Å². The van der Waals surface area contributed by atoms with Gasteiger partial charge in [0.05, 0.1) is 16.3 Å². The van der Waals surface area contributed by atoms with E-state index < -0.39 is 21.8 Å². The van der Waals surface area contributed by atoms with Crippen LogP contribution in [0.1, 0.15) is 32.6 Å². The fourth-order valence-electron chi connectivity index (χ4n) is 2.81. The molecular formula is C15H21NO4S. The molecule has 1 saturated heterocycles. The van der Waals surface area contributed by atoms with Crippen LogP contribution in [0.5, 0.6) is 0 Å². The number of nitrogens with zero attached hydrogens (tertiary/aromatic N) is 1. The molecular weight excluding hydrogens is 290 g/mol. The maximum Gasteiger partial charge on any atom is 0.326 e. The minimum absolute atomic E-state index is 0.0790. The molecule has 0 spiro atoms. The van der Waals surface area contributed by atoms with Crippen molar-refractivity contribution in [3.05, 3.63) is 24.3 Å². The predicted molar refractivity (Wildman–Crippen MR) is 81.4 cm³/mol. The molecule has 2 rings (SSSR count). The molecule has 1 N–H and O–H groups in total. The predicted octanol–water partition coefficient (Wildman–Crippen LogP) is 2.31. The summed E-state index contributed by atoms with van der Waals surface area (Å²) in [7, 11) is -3.37. The lowest BCUT2D eigenvalue weighted by molar-refractivity contribution is -0.139. The molecule has 116 valence electrons. The molecule has 1 fully saturated rings. The fraction of sp³-hybridized carbons (Fsp3) is 0.533. The topological polar surface area (TPSA) is 74.7 Å². The Balaban J connectivity index is 2.46. The number of carboxylic acid groups (broad SMARTS) is 1. The molecule has 1 heterocycles. The molecule has 0 bridgehead atoms. The molecule has 0 aliphatic carbocycles. The van der Waals surface area contributed by atoms with Gasteiger partial charge in [-0.05, 0) is 37.8 Å². The zero-order chi connectivity index (χ0) is 15.5. The van der Waals surface area contributed by atoms with E-state index in [9.17, 15) is 18.3 Å². The number of piperidine rings is 1. The van der Waals surface area contributed by atoms with E-state index in [-0.39, 0.29) is 10.6 Å². The number of hydrogen-bond donors (Lipinski definition) is 1. The van der Waals surface area contributed by atoms with Crippen LogP contribution in [0, 0.1) is 0 Å². The zero-order valence-corrected chi connectivity index (χ0v) is 13.0. The number of para-hydroxylation sites is 1. The van der Waals surface area contributed by atoms with Crippen molar-refractivity contribution < 1.29 is 18.3 Å². The number of benzene rings is 1. The second kappa shape index (κ2) is 6.47. The van der Waals surface area contributed by atoms with Crippen LogP contribution in [0.4, 0.5) is 5.69 Å². The van der Waals surface area contributed by atoms with Crippen molar-refractivity contribution in [2.45, 2.75) is 43.5 Å². The van der Waals surface area contributed by atoms with Crippen molar-refractivity contribution in [1.82, 2.24) is 0 Å². The van der Waals surface area contributed by atoms with Crippen LogP contribution in [-0.2, 0) is 14.6 Å².